The zero-order valence-electron chi connectivity index (χ0n) is 17.8. The third kappa shape index (κ3) is 3.72. The summed E-state index contributed by atoms with van der Waals surface area (Å²) in [5.74, 6) is -0.335. The van der Waals surface area contributed by atoms with Crippen LogP contribution in [0.5, 0.6) is 0 Å². The van der Waals surface area contributed by atoms with Crippen LogP contribution in [-0.2, 0) is 29.0 Å². The van der Waals surface area contributed by atoms with Crippen molar-refractivity contribution in [2.75, 3.05) is 7.11 Å². The molecule has 1 unspecified atom stereocenters. The van der Waals surface area contributed by atoms with Crippen molar-refractivity contribution in [2.45, 2.75) is 46.3 Å². The van der Waals surface area contributed by atoms with Crippen molar-refractivity contribution in [2.24, 2.45) is 0 Å². The summed E-state index contributed by atoms with van der Waals surface area (Å²) >= 11 is 6.27. The molecular weight excluding hydrogens is 420 g/mol. The van der Waals surface area contributed by atoms with Crippen LogP contribution in [0.25, 0.3) is 0 Å². The molecule has 0 saturated carbocycles. The number of rotatable bonds is 4. The minimum Gasteiger partial charge on any atom is -0.467 e. The number of hydrogen-bond donors (Lipinski definition) is 0. The number of carbonyl (C=O) groups is 2. The summed E-state index contributed by atoms with van der Waals surface area (Å²) in [5, 5.41) is 9.05. The molecule has 31 heavy (non-hydrogen) atoms. The van der Waals surface area contributed by atoms with Crippen LogP contribution in [0.2, 0.25) is 5.02 Å². The molecule has 9 heteroatoms. The lowest BCUT2D eigenvalue weighted by molar-refractivity contribution is -0.146. The van der Waals surface area contributed by atoms with Gasteiger partial charge in [-0.15, -0.1) is 0 Å². The molecule has 0 N–H and O–H groups in total. The summed E-state index contributed by atoms with van der Waals surface area (Å²) in [6.07, 6.45) is 0.383. The van der Waals surface area contributed by atoms with Crippen molar-refractivity contribution in [3.05, 3.63) is 68.8 Å². The van der Waals surface area contributed by atoms with Crippen LogP contribution in [0.3, 0.4) is 0 Å². The standard InChI is InChI=1S/C22H23ClN4O4/c1-12-19(23)13(2)27(24-12)11-17-14(3)31-25-20(17)21(28)26-10-16-8-6-5-7-15(16)9-18(26)22(29)30-4/h5-8,18H,9-11H2,1-4H3. The number of aryl methyl sites for hydroxylation is 2. The Morgan fingerprint density at radius 1 is 1.23 bits per heavy atom. The summed E-state index contributed by atoms with van der Waals surface area (Å²) in [6, 6.07) is 7.02. The lowest BCUT2D eigenvalue weighted by atomic mass is 9.93. The van der Waals surface area contributed by atoms with E-state index in [0.717, 1.165) is 16.8 Å². The zero-order valence-corrected chi connectivity index (χ0v) is 18.6. The Morgan fingerprint density at radius 3 is 2.58 bits per heavy atom. The lowest BCUT2D eigenvalue weighted by Crippen LogP contribution is -2.49. The molecule has 1 aliphatic rings. The molecule has 2 aromatic heterocycles. The Labute approximate surface area is 184 Å². The summed E-state index contributed by atoms with van der Waals surface area (Å²) in [7, 11) is 1.32. The van der Waals surface area contributed by atoms with E-state index in [1.165, 1.54) is 12.0 Å². The molecule has 0 fully saturated rings. The highest BCUT2D eigenvalue weighted by Crippen LogP contribution is 2.28. The molecule has 0 spiro atoms. The topological polar surface area (TPSA) is 90.5 Å². The van der Waals surface area contributed by atoms with E-state index in [1.807, 2.05) is 38.1 Å². The van der Waals surface area contributed by atoms with Crippen molar-refractivity contribution >= 4 is 23.5 Å². The van der Waals surface area contributed by atoms with E-state index in [1.54, 1.807) is 11.6 Å². The third-order valence-electron chi connectivity index (χ3n) is 5.77. The quantitative estimate of drug-likeness (QED) is 0.576. The first-order valence-electron chi connectivity index (χ1n) is 9.92. The molecule has 1 aliphatic heterocycles. The minimum atomic E-state index is -0.736. The van der Waals surface area contributed by atoms with E-state index in [0.29, 0.717) is 28.5 Å². The summed E-state index contributed by atoms with van der Waals surface area (Å²) in [5.41, 5.74) is 4.28. The first-order valence-corrected chi connectivity index (χ1v) is 10.3. The molecule has 0 radical (unpaired) electrons. The van der Waals surface area contributed by atoms with Gasteiger partial charge in [-0.1, -0.05) is 41.0 Å². The average molecular weight is 443 g/mol. The van der Waals surface area contributed by atoms with Crippen LogP contribution in [0, 0.1) is 20.8 Å². The van der Waals surface area contributed by atoms with Gasteiger partial charge in [0.05, 0.1) is 30.1 Å². The predicted molar refractivity (Wildman–Crippen MR) is 113 cm³/mol. The molecule has 8 nitrogen and oxygen atoms in total. The minimum absolute atomic E-state index is 0.162. The Hall–Kier alpha value is -3.13. The average Bonchev–Trinajstić information content (AvgIpc) is 3.26. The second-order valence-corrected chi connectivity index (χ2v) is 8.03. The molecule has 162 valence electrons. The van der Waals surface area contributed by atoms with E-state index in [2.05, 4.69) is 10.3 Å². The van der Waals surface area contributed by atoms with Crippen molar-refractivity contribution in [1.82, 2.24) is 19.8 Å². The first-order chi connectivity index (χ1) is 14.8. The van der Waals surface area contributed by atoms with Crippen LogP contribution in [0.15, 0.2) is 28.8 Å². The summed E-state index contributed by atoms with van der Waals surface area (Å²) in [4.78, 5) is 27.6. The second kappa shape index (κ2) is 8.19. The van der Waals surface area contributed by atoms with Gasteiger partial charge in [0.2, 0.25) is 0 Å². The largest absolute Gasteiger partial charge is 0.467 e. The van der Waals surface area contributed by atoms with Gasteiger partial charge in [-0.2, -0.15) is 5.10 Å². The maximum atomic E-state index is 13.6. The van der Waals surface area contributed by atoms with Crippen molar-refractivity contribution < 1.29 is 18.8 Å². The lowest BCUT2D eigenvalue weighted by Gasteiger charge is -2.34. The Balaban J connectivity index is 1.70. The summed E-state index contributed by atoms with van der Waals surface area (Å²) < 4.78 is 12.1. The maximum absolute atomic E-state index is 13.6. The zero-order chi connectivity index (χ0) is 22.3. The molecule has 3 aromatic rings. The van der Waals surface area contributed by atoms with Gasteiger partial charge in [-0.3, -0.25) is 9.48 Å². The molecule has 1 aromatic carbocycles. The van der Waals surface area contributed by atoms with Crippen LogP contribution in [-0.4, -0.2) is 44.9 Å². The Bertz CT molecular complexity index is 1170. The van der Waals surface area contributed by atoms with Gasteiger partial charge < -0.3 is 14.2 Å². The van der Waals surface area contributed by atoms with Crippen LogP contribution in [0.1, 0.15) is 44.3 Å². The number of esters is 1. The molecule has 0 bridgehead atoms. The number of halogens is 1. The molecular formula is C22H23ClN4O4. The summed E-state index contributed by atoms with van der Waals surface area (Å²) in [6.45, 7) is 6.00. The van der Waals surface area contributed by atoms with Gasteiger partial charge in [-0.05, 0) is 31.9 Å². The number of nitrogens with zero attached hydrogens (tertiary/aromatic N) is 4. The number of ether oxygens (including phenoxy) is 1. The number of methoxy groups -OCH3 is 1. The maximum Gasteiger partial charge on any atom is 0.328 e. The highest BCUT2D eigenvalue weighted by atomic mass is 35.5. The molecule has 4 rings (SSSR count). The van der Waals surface area contributed by atoms with Crippen molar-refractivity contribution in [1.29, 1.82) is 0 Å². The van der Waals surface area contributed by atoms with E-state index in [-0.39, 0.29) is 24.7 Å². The van der Waals surface area contributed by atoms with E-state index in [9.17, 15) is 9.59 Å². The monoisotopic (exact) mass is 442 g/mol. The van der Waals surface area contributed by atoms with Gasteiger partial charge in [0.25, 0.3) is 5.91 Å². The van der Waals surface area contributed by atoms with Crippen molar-refractivity contribution in [3.63, 3.8) is 0 Å². The number of hydrogen-bond acceptors (Lipinski definition) is 6. The number of fused-ring (bicyclic) bond motifs is 1. The SMILES string of the molecule is COC(=O)C1Cc2ccccc2CN1C(=O)c1noc(C)c1Cn1nc(C)c(Cl)c1C. The number of aromatic nitrogens is 3. The number of carbonyl (C=O) groups excluding carboxylic acids is 2. The molecule has 0 aliphatic carbocycles. The van der Waals surface area contributed by atoms with Crippen LogP contribution >= 0.6 is 11.6 Å². The van der Waals surface area contributed by atoms with Crippen LogP contribution < -0.4 is 0 Å². The highest BCUT2D eigenvalue weighted by Gasteiger charge is 2.38. The van der Waals surface area contributed by atoms with Gasteiger partial charge in [0.1, 0.15) is 11.8 Å². The normalized spacial score (nSPS) is 15.6. The molecule has 0 saturated heterocycles. The fourth-order valence-corrected chi connectivity index (χ4v) is 4.08. The third-order valence-corrected chi connectivity index (χ3v) is 6.32. The molecule has 3 heterocycles. The second-order valence-electron chi connectivity index (χ2n) is 7.65. The smallest absolute Gasteiger partial charge is 0.328 e. The first kappa shape index (κ1) is 21.1. The van der Waals surface area contributed by atoms with Gasteiger partial charge in [0.15, 0.2) is 5.69 Å². The van der Waals surface area contributed by atoms with Gasteiger partial charge in [0, 0.05) is 18.5 Å². The van der Waals surface area contributed by atoms with E-state index >= 15 is 0 Å². The number of amides is 1. The van der Waals surface area contributed by atoms with Crippen LogP contribution in [0.4, 0.5) is 0 Å². The molecule has 1 atom stereocenters. The van der Waals surface area contributed by atoms with E-state index in [4.69, 9.17) is 20.9 Å². The van der Waals surface area contributed by atoms with Gasteiger partial charge in [-0.25, -0.2) is 4.79 Å². The Kier molecular flexibility index (Phi) is 5.58. The van der Waals surface area contributed by atoms with Crippen molar-refractivity contribution in [3.8, 4) is 0 Å². The Morgan fingerprint density at radius 2 is 1.94 bits per heavy atom. The van der Waals surface area contributed by atoms with E-state index < -0.39 is 12.0 Å². The predicted octanol–water partition coefficient (Wildman–Crippen LogP) is 3.24. The number of benzene rings is 1. The highest BCUT2D eigenvalue weighted by molar-refractivity contribution is 6.31. The van der Waals surface area contributed by atoms with Gasteiger partial charge >= 0.3 is 5.97 Å². The molecule has 1 amide bonds. The fraction of sp³-hybridized carbons (Fsp3) is 0.364. The fourth-order valence-electron chi connectivity index (χ4n) is 3.94.